The summed E-state index contributed by atoms with van der Waals surface area (Å²) in [4.78, 5) is 0. The lowest BCUT2D eigenvalue weighted by Crippen LogP contribution is -2.37. The Balaban J connectivity index is 2.04. The summed E-state index contributed by atoms with van der Waals surface area (Å²) in [6.07, 6.45) is 1.43. The molecule has 2 N–H and O–H groups in total. The first-order valence-electron chi connectivity index (χ1n) is 5.62. The molecule has 2 unspecified atom stereocenters. The van der Waals surface area contributed by atoms with Gasteiger partial charge >= 0.3 is 0 Å². The highest BCUT2D eigenvalue weighted by atomic mass is 16.5. The van der Waals surface area contributed by atoms with E-state index in [9.17, 15) is 5.11 Å². The zero-order chi connectivity index (χ0) is 11.0. The molecular weight excluding hydrogens is 204 g/mol. The van der Waals surface area contributed by atoms with Crippen LogP contribution in [-0.4, -0.2) is 22.9 Å². The highest BCUT2D eigenvalue weighted by molar-refractivity contribution is 5.80. The van der Waals surface area contributed by atoms with Crippen molar-refractivity contribution in [3.63, 3.8) is 0 Å². The van der Waals surface area contributed by atoms with E-state index < -0.39 is 0 Å². The lowest BCUT2D eigenvalue weighted by Gasteiger charge is -2.26. The fourth-order valence-corrected chi connectivity index (χ4v) is 2.27. The summed E-state index contributed by atoms with van der Waals surface area (Å²) in [5, 5.41) is 18.2. The molecule has 1 aliphatic heterocycles. The van der Waals surface area contributed by atoms with Crippen LogP contribution in [0.1, 0.15) is 24.6 Å². The lowest BCUT2D eigenvalue weighted by atomic mass is 9.97. The van der Waals surface area contributed by atoms with Gasteiger partial charge in [0.25, 0.3) is 0 Å². The van der Waals surface area contributed by atoms with E-state index in [-0.39, 0.29) is 12.1 Å². The van der Waals surface area contributed by atoms with Gasteiger partial charge in [-0.25, -0.2) is 0 Å². The number of rotatable bonds is 1. The molecule has 4 heteroatoms. The number of benzene rings is 1. The minimum Gasteiger partial charge on any atom is -0.391 e. The quantitative estimate of drug-likeness (QED) is 0.763. The van der Waals surface area contributed by atoms with Crippen molar-refractivity contribution in [2.24, 2.45) is 0 Å². The zero-order valence-electron chi connectivity index (χ0n) is 8.89. The molecule has 1 aromatic carbocycles. The standard InChI is InChI=1S/C12H14N2O2/c15-10-6-3-7-13-11(10)12-8-4-1-2-5-9(8)14-16-12/h1-2,4-5,10-11,13,15H,3,6-7H2. The van der Waals surface area contributed by atoms with Crippen LogP contribution in [-0.2, 0) is 0 Å². The second-order valence-corrected chi connectivity index (χ2v) is 4.21. The molecule has 2 aromatic rings. The van der Waals surface area contributed by atoms with E-state index in [1.165, 1.54) is 0 Å². The topological polar surface area (TPSA) is 58.3 Å². The zero-order valence-corrected chi connectivity index (χ0v) is 8.89. The average molecular weight is 218 g/mol. The lowest BCUT2D eigenvalue weighted by molar-refractivity contribution is 0.0840. The molecule has 0 radical (unpaired) electrons. The summed E-state index contributed by atoms with van der Waals surface area (Å²) < 4.78 is 5.35. The van der Waals surface area contributed by atoms with Gasteiger partial charge in [0.15, 0.2) is 5.76 Å². The average Bonchev–Trinajstić information content (AvgIpc) is 2.74. The summed E-state index contributed by atoms with van der Waals surface area (Å²) in [7, 11) is 0. The van der Waals surface area contributed by atoms with Crippen molar-refractivity contribution in [3.8, 4) is 0 Å². The van der Waals surface area contributed by atoms with Crippen molar-refractivity contribution >= 4 is 10.9 Å². The minimum absolute atomic E-state index is 0.124. The van der Waals surface area contributed by atoms with Gasteiger partial charge < -0.3 is 14.9 Å². The normalized spacial score (nSPS) is 26.1. The van der Waals surface area contributed by atoms with E-state index in [1.54, 1.807) is 0 Å². The number of aliphatic hydroxyl groups is 1. The SMILES string of the molecule is OC1CCCNC1c1onc2ccccc12. The fourth-order valence-electron chi connectivity index (χ4n) is 2.27. The second kappa shape index (κ2) is 3.88. The van der Waals surface area contributed by atoms with Crippen LogP contribution in [0, 0.1) is 0 Å². The number of piperidine rings is 1. The van der Waals surface area contributed by atoms with Crippen LogP contribution in [0.5, 0.6) is 0 Å². The van der Waals surface area contributed by atoms with Gasteiger partial charge in [-0.15, -0.1) is 0 Å². The maximum Gasteiger partial charge on any atom is 0.164 e. The predicted octanol–water partition coefficient (Wildman–Crippen LogP) is 1.61. The van der Waals surface area contributed by atoms with Gasteiger partial charge in [-0.2, -0.15) is 0 Å². The summed E-state index contributed by atoms with van der Waals surface area (Å²) >= 11 is 0. The summed E-state index contributed by atoms with van der Waals surface area (Å²) in [5.41, 5.74) is 0.845. The van der Waals surface area contributed by atoms with Crippen LogP contribution >= 0.6 is 0 Å². The smallest absolute Gasteiger partial charge is 0.164 e. The maximum absolute atomic E-state index is 9.95. The first kappa shape index (κ1) is 9.81. The van der Waals surface area contributed by atoms with Gasteiger partial charge in [-0.3, -0.25) is 0 Å². The Morgan fingerprint density at radius 2 is 2.25 bits per heavy atom. The van der Waals surface area contributed by atoms with Gasteiger partial charge in [0.1, 0.15) is 5.52 Å². The van der Waals surface area contributed by atoms with Crippen LogP contribution < -0.4 is 5.32 Å². The Morgan fingerprint density at radius 3 is 3.12 bits per heavy atom. The Kier molecular flexibility index (Phi) is 2.38. The fraction of sp³-hybridized carbons (Fsp3) is 0.417. The van der Waals surface area contributed by atoms with Crippen molar-refractivity contribution in [3.05, 3.63) is 30.0 Å². The first-order valence-corrected chi connectivity index (χ1v) is 5.62. The maximum atomic E-state index is 9.95. The third-order valence-corrected chi connectivity index (χ3v) is 3.12. The van der Waals surface area contributed by atoms with Crippen LogP contribution in [0.3, 0.4) is 0 Å². The number of hydrogen-bond donors (Lipinski definition) is 2. The van der Waals surface area contributed by atoms with E-state index in [0.29, 0.717) is 0 Å². The number of hydrogen-bond acceptors (Lipinski definition) is 4. The first-order chi connectivity index (χ1) is 7.86. The highest BCUT2D eigenvalue weighted by Gasteiger charge is 2.28. The summed E-state index contributed by atoms with van der Waals surface area (Å²) in [6, 6.07) is 7.65. The molecule has 1 aromatic heterocycles. The van der Waals surface area contributed by atoms with Gasteiger partial charge in [0.2, 0.25) is 0 Å². The number of nitrogens with zero attached hydrogens (tertiary/aromatic N) is 1. The van der Waals surface area contributed by atoms with Crippen molar-refractivity contribution in [1.82, 2.24) is 10.5 Å². The van der Waals surface area contributed by atoms with Crippen molar-refractivity contribution in [2.75, 3.05) is 6.54 Å². The molecule has 2 atom stereocenters. The molecule has 1 aliphatic rings. The van der Waals surface area contributed by atoms with Crippen LogP contribution in [0.4, 0.5) is 0 Å². The predicted molar refractivity (Wildman–Crippen MR) is 60.0 cm³/mol. The molecule has 1 fully saturated rings. The van der Waals surface area contributed by atoms with E-state index in [2.05, 4.69) is 10.5 Å². The molecular formula is C12H14N2O2. The molecule has 0 amide bonds. The summed E-state index contributed by atoms with van der Waals surface area (Å²) in [6.45, 7) is 0.913. The van der Waals surface area contributed by atoms with Crippen LogP contribution in [0.2, 0.25) is 0 Å². The Morgan fingerprint density at radius 1 is 1.38 bits per heavy atom. The molecule has 2 heterocycles. The molecule has 0 aliphatic carbocycles. The van der Waals surface area contributed by atoms with Gasteiger partial charge in [-0.05, 0) is 31.5 Å². The van der Waals surface area contributed by atoms with Crippen molar-refractivity contribution < 1.29 is 9.63 Å². The van der Waals surface area contributed by atoms with E-state index in [0.717, 1.165) is 36.0 Å². The number of nitrogens with one attached hydrogen (secondary N) is 1. The molecule has 16 heavy (non-hydrogen) atoms. The molecule has 0 bridgehead atoms. The number of aliphatic hydroxyl groups excluding tert-OH is 1. The van der Waals surface area contributed by atoms with Gasteiger partial charge in [-0.1, -0.05) is 17.3 Å². The summed E-state index contributed by atoms with van der Waals surface area (Å²) in [5.74, 6) is 0.753. The van der Waals surface area contributed by atoms with E-state index >= 15 is 0 Å². The number of aromatic nitrogens is 1. The number of fused-ring (bicyclic) bond motifs is 1. The molecule has 0 spiro atoms. The van der Waals surface area contributed by atoms with Crippen LogP contribution in [0.15, 0.2) is 28.8 Å². The Hall–Kier alpha value is -1.39. The third kappa shape index (κ3) is 1.50. The highest BCUT2D eigenvalue weighted by Crippen LogP contribution is 2.29. The van der Waals surface area contributed by atoms with E-state index in [1.807, 2.05) is 24.3 Å². The van der Waals surface area contributed by atoms with Gasteiger partial charge in [0, 0.05) is 5.39 Å². The largest absolute Gasteiger partial charge is 0.391 e. The molecule has 3 rings (SSSR count). The van der Waals surface area contributed by atoms with Gasteiger partial charge in [0.05, 0.1) is 12.1 Å². The minimum atomic E-state index is -0.384. The van der Waals surface area contributed by atoms with Crippen LogP contribution in [0.25, 0.3) is 10.9 Å². The molecule has 0 saturated carbocycles. The van der Waals surface area contributed by atoms with E-state index in [4.69, 9.17) is 4.52 Å². The molecule has 1 saturated heterocycles. The van der Waals surface area contributed by atoms with Crippen molar-refractivity contribution in [1.29, 1.82) is 0 Å². The second-order valence-electron chi connectivity index (χ2n) is 4.21. The monoisotopic (exact) mass is 218 g/mol. The molecule has 84 valence electrons. The molecule has 4 nitrogen and oxygen atoms in total. The van der Waals surface area contributed by atoms with Crippen molar-refractivity contribution in [2.45, 2.75) is 25.0 Å². The Bertz CT molecular complexity index is 494. The Labute approximate surface area is 93.2 Å². The third-order valence-electron chi connectivity index (χ3n) is 3.12.